The van der Waals surface area contributed by atoms with E-state index in [2.05, 4.69) is 0 Å². The van der Waals surface area contributed by atoms with Crippen molar-refractivity contribution < 1.29 is 48.9 Å². The Hall–Kier alpha value is -3.29. The summed E-state index contributed by atoms with van der Waals surface area (Å²) < 4.78 is 120. The fourth-order valence-electron chi connectivity index (χ4n) is 6.11. The Morgan fingerprint density at radius 2 is 1.37 bits per heavy atom. The second-order valence-corrected chi connectivity index (χ2v) is 19.7. The first kappa shape index (κ1) is 46.4. The van der Waals surface area contributed by atoms with Crippen LogP contribution < -0.4 is 4.74 Å². The van der Waals surface area contributed by atoms with Crippen molar-refractivity contribution in [2.45, 2.75) is 102 Å². The van der Waals surface area contributed by atoms with Gasteiger partial charge in [-0.25, -0.2) is 17.4 Å². The van der Waals surface area contributed by atoms with Crippen LogP contribution in [-0.2, 0) is 47.3 Å². The molecule has 0 aromatic heterocycles. The van der Waals surface area contributed by atoms with Gasteiger partial charge >= 0.3 is 14.0 Å². The van der Waals surface area contributed by atoms with Crippen LogP contribution in [0, 0.1) is 5.82 Å². The Bertz CT molecular complexity index is 2050. The number of nitrogens with zero attached hydrogens (tertiary/aromatic N) is 1. The number of halogens is 5. The monoisotopic (exact) mass is 855 g/mol. The lowest BCUT2D eigenvalue weighted by Crippen LogP contribution is -2.37. The molecule has 0 unspecified atom stereocenters. The second-order valence-electron chi connectivity index (χ2n) is 15.8. The first-order chi connectivity index (χ1) is 26.4. The average molecular weight is 856 g/mol. The topological polar surface area (TPSA) is 91.4 Å². The molecule has 0 bridgehead atoms. The molecule has 15 heteroatoms. The van der Waals surface area contributed by atoms with Crippen molar-refractivity contribution in [3.8, 4) is 5.75 Å². The minimum Gasteiger partial charge on any atom is -0.493 e. The van der Waals surface area contributed by atoms with Gasteiger partial charge in [-0.3, -0.25) is 18.5 Å². The molecular formula is C42H51ClF4NO7PS. The van der Waals surface area contributed by atoms with E-state index in [4.69, 9.17) is 29.9 Å². The van der Waals surface area contributed by atoms with Crippen molar-refractivity contribution >= 4 is 29.3 Å². The van der Waals surface area contributed by atoms with Crippen molar-refractivity contribution in [1.82, 2.24) is 4.90 Å². The summed E-state index contributed by atoms with van der Waals surface area (Å²) in [4.78, 5) is 1.59. The van der Waals surface area contributed by atoms with Crippen LogP contribution in [-0.4, -0.2) is 50.0 Å². The zero-order valence-electron chi connectivity index (χ0n) is 33.4. The van der Waals surface area contributed by atoms with Crippen molar-refractivity contribution in [2.75, 3.05) is 19.4 Å². The highest BCUT2D eigenvalue weighted by Crippen LogP contribution is 2.56. The second kappa shape index (κ2) is 18.7. The van der Waals surface area contributed by atoms with Gasteiger partial charge in [-0.1, -0.05) is 84.4 Å². The molecule has 4 rings (SSSR count). The highest BCUT2D eigenvalue weighted by atomic mass is 35.5. The molecule has 8 nitrogen and oxygen atoms in total. The van der Waals surface area contributed by atoms with Crippen LogP contribution in [0.15, 0.2) is 95.9 Å². The van der Waals surface area contributed by atoms with Crippen LogP contribution in [0.2, 0.25) is 5.02 Å². The van der Waals surface area contributed by atoms with E-state index >= 15 is 4.39 Å². The number of benzene rings is 4. The van der Waals surface area contributed by atoms with Gasteiger partial charge in [0.2, 0.25) is 0 Å². The number of rotatable bonds is 17. The van der Waals surface area contributed by atoms with Gasteiger partial charge in [-0.15, -0.1) is 0 Å². The van der Waals surface area contributed by atoms with Gasteiger partial charge in [0.05, 0.1) is 39.9 Å². The molecular weight excluding hydrogens is 805 g/mol. The molecule has 0 spiro atoms. The predicted octanol–water partition coefficient (Wildman–Crippen LogP) is 11.6. The van der Waals surface area contributed by atoms with E-state index in [1.165, 1.54) is 12.1 Å². The van der Waals surface area contributed by atoms with Crippen LogP contribution in [0.3, 0.4) is 0 Å². The smallest absolute Gasteiger partial charge is 0.476 e. The molecule has 0 aliphatic heterocycles. The number of sulfone groups is 1. The standard InChI is InChI=1S/C42H51ClF4NO7PS/c1-29(22-23-52-33-24-37(44)35(38(25-33)57(8,50)51)28-53-56(49,54-40(2,3)4)55-41(5,6)7)48(26-32-20-15-21-36(39(32)43)42(45,46)47)27-34(30-16-11-9-12-17-30)31-18-13-10-14-19-31/h9-21,24-25,29,34H,22-23,26-28H2,1-8H3/t29-/m1/s1. The fourth-order valence-corrected chi connectivity index (χ4v) is 9.10. The summed E-state index contributed by atoms with van der Waals surface area (Å²) in [5.41, 5.74) is -0.964. The van der Waals surface area contributed by atoms with Gasteiger partial charge in [0.1, 0.15) is 11.6 Å². The lowest BCUT2D eigenvalue weighted by molar-refractivity contribution is -0.137. The van der Waals surface area contributed by atoms with Crippen LogP contribution in [0.1, 0.15) is 88.6 Å². The molecule has 0 fully saturated rings. The third kappa shape index (κ3) is 13.9. The number of ether oxygens (including phenoxy) is 1. The van der Waals surface area contributed by atoms with Gasteiger partial charge in [-0.2, -0.15) is 13.2 Å². The molecule has 1 atom stereocenters. The number of alkyl halides is 3. The Morgan fingerprint density at radius 1 is 0.825 bits per heavy atom. The summed E-state index contributed by atoms with van der Waals surface area (Å²) in [6.07, 6.45) is -3.43. The van der Waals surface area contributed by atoms with Crippen molar-refractivity contribution in [1.29, 1.82) is 0 Å². The average Bonchev–Trinajstić information content (AvgIpc) is 3.08. The lowest BCUT2D eigenvalue weighted by Gasteiger charge is -2.34. The van der Waals surface area contributed by atoms with Gasteiger partial charge in [0, 0.05) is 42.9 Å². The molecule has 57 heavy (non-hydrogen) atoms. The molecule has 0 saturated heterocycles. The minimum absolute atomic E-state index is 0.0120. The highest BCUT2D eigenvalue weighted by molar-refractivity contribution is 7.90. The van der Waals surface area contributed by atoms with Gasteiger partial charge in [0.15, 0.2) is 9.84 Å². The van der Waals surface area contributed by atoms with Crippen molar-refractivity contribution in [3.05, 3.63) is 130 Å². The van der Waals surface area contributed by atoms with E-state index in [0.29, 0.717) is 18.5 Å². The molecule has 312 valence electrons. The molecule has 0 aliphatic rings. The fraction of sp³-hybridized carbons (Fsp3) is 0.429. The van der Waals surface area contributed by atoms with E-state index in [1.54, 1.807) is 47.6 Å². The summed E-state index contributed by atoms with van der Waals surface area (Å²) >= 11 is 6.39. The van der Waals surface area contributed by atoms with Crippen LogP contribution in [0.25, 0.3) is 0 Å². The Balaban J connectivity index is 1.61. The number of hydrogen-bond donors (Lipinski definition) is 0. The third-order valence-electron chi connectivity index (χ3n) is 8.67. The summed E-state index contributed by atoms with van der Waals surface area (Å²) in [6.45, 7) is 11.4. The maximum absolute atomic E-state index is 15.8. The molecule has 0 heterocycles. The predicted molar refractivity (Wildman–Crippen MR) is 215 cm³/mol. The van der Waals surface area contributed by atoms with Gasteiger partial charge < -0.3 is 4.74 Å². The molecule has 0 aliphatic carbocycles. The normalized spacial score (nSPS) is 13.7. The van der Waals surface area contributed by atoms with Gasteiger partial charge in [-0.05, 0) is 83.7 Å². The van der Waals surface area contributed by atoms with Crippen LogP contribution in [0.4, 0.5) is 17.6 Å². The quantitative estimate of drug-likeness (QED) is 0.0766. The Kier molecular flexibility index (Phi) is 15.3. The summed E-state index contributed by atoms with van der Waals surface area (Å²) in [5.74, 6) is -1.23. The van der Waals surface area contributed by atoms with Crippen LogP contribution in [0.5, 0.6) is 5.75 Å². The Morgan fingerprint density at radius 3 is 1.86 bits per heavy atom. The maximum atomic E-state index is 15.8. The molecule has 0 N–H and O–H groups in total. The SMILES string of the molecule is C[C@H](CCOc1cc(F)c(COP(=O)(OC(C)(C)C)OC(C)(C)C)c(S(C)(=O)=O)c1)N(Cc1cccc(C(F)(F)F)c1Cl)CC(c1ccccc1)c1ccccc1. The van der Waals surface area contributed by atoms with Crippen molar-refractivity contribution in [2.24, 2.45) is 0 Å². The van der Waals surface area contributed by atoms with Crippen LogP contribution >= 0.6 is 19.4 Å². The molecule has 0 amide bonds. The largest absolute Gasteiger partial charge is 0.493 e. The van der Waals surface area contributed by atoms with E-state index in [1.807, 2.05) is 72.5 Å². The summed E-state index contributed by atoms with van der Waals surface area (Å²) in [5, 5.41) is -0.381. The molecule has 0 saturated carbocycles. The van der Waals surface area contributed by atoms with E-state index in [-0.39, 0.29) is 41.4 Å². The van der Waals surface area contributed by atoms with Gasteiger partial charge in [0.25, 0.3) is 0 Å². The zero-order valence-corrected chi connectivity index (χ0v) is 35.9. The maximum Gasteiger partial charge on any atom is 0.476 e. The zero-order chi connectivity index (χ0) is 42.4. The summed E-state index contributed by atoms with van der Waals surface area (Å²) in [6, 6.07) is 25.2. The molecule has 0 radical (unpaired) electrons. The number of phosphoric acid groups is 1. The first-order valence-electron chi connectivity index (χ1n) is 18.3. The molecule has 4 aromatic rings. The van der Waals surface area contributed by atoms with E-state index < -0.39 is 57.9 Å². The molecule has 4 aromatic carbocycles. The third-order valence-corrected chi connectivity index (χ3v) is 12.3. The van der Waals surface area contributed by atoms with E-state index in [0.717, 1.165) is 29.5 Å². The summed E-state index contributed by atoms with van der Waals surface area (Å²) in [7, 11) is -8.38. The lowest BCUT2D eigenvalue weighted by atomic mass is 9.90. The van der Waals surface area contributed by atoms with Crippen molar-refractivity contribution in [3.63, 3.8) is 0 Å². The number of phosphoric ester groups is 1. The first-order valence-corrected chi connectivity index (χ1v) is 22.1. The minimum atomic E-state index is -4.64. The van der Waals surface area contributed by atoms with E-state index in [9.17, 15) is 26.2 Å². The highest BCUT2D eigenvalue weighted by Gasteiger charge is 2.38. The number of hydrogen-bond acceptors (Lipinski definition) is 8. The Labute approximate surface area is 339 Å².